The molecule has 0 radical (unpaired) electrons. The number of aromatic nitrogens is 2. The number of imidazole rings is 1. The Balaban J connectivity index is 2.09. The van der Waals surface area contributed by atoms with Gasteiger partial charge >= 0.3 is 0 Å². The third-order valence-electron chi connectivity index (χ3n) is 2.47. The number of rotatable bonds is 4. The second-order valence-electron chi connectivity index (χ2n) is 4.04. The number of hydrogen-bond donors (Lipinski definition) is 1. The molecular formula is C13H16N2O. The quantitative estimate of drug-likeness (QED) is 0.852. The van der Waals surface area contributed by atoms with Crippen LogP contribution in [0.15, 0.2) is 36.8 Å². The van der Waals surface area contributed by atoms with Gasteiger partial charge in [-0.1, -0.05) is 32.0 Å². The Morgan fingerprint density at radius 3 is 2.81 bits per heavy atom. The number of nitrogens with one attached hydrogen (secondary N) is 1. The van der Waals surface area contributed by atoms with Crippen molar-refractivity contribution in [1.29, 1.82) is 0 Å². The van der Waals surface area contributed by atoms with Crippen LogP contribution in [-0.4, -0.2) is 9.97 Å². The van der Waals surface area contributed by atoms with Crippen molar-refractivity contribution in [3.05, 3.63) is 48.0 Å². The predicted molar refractivity (Wildman–Crippen MR) is 63.5 cm³/mol. The number of ether oxygens (including phenoxy) is 1. The Bertz CT molecular complexity index is 435. The fourth-order valence-corrected chi connectivity index (χ4v) is 1.61. The van der Waals surface area contributed by atoms with Crippen LogP contribution >= 0.6 is 0 Å². The van der Waals surface area contributed by atoms with E-state index in [1.807, 2.05) is 24.4 Å². The Morgan fingerprint density at radius 1 is 1.31 bits per heavy atom. The van der Waals surface area contributed by atoms with Gasteiger partial charge in [0.15, 0.2) is 0 Å². The average Bonchev–Trinajstić information content (AvgIpc) is 2.79. The summed E-state index contributed by atoms with van der Waals surface area (Å²) in [5.41, 5.74) is 2.15. The number of benzene rings is 1. The lowest BCUT2D eigenvalue weighted by molar-refractivity contribution is 0.297. The topological polar surface area (TPSA) is 37.9 Å². The van der Waals surface area contributed by atoms with Crippen molar-refractivity contribution < 1.29 is 4.74 Å². The number of H-pyrrole nitrogens is 1. The van der Waals surface area contributed by atoms with Crippen molar-refractivity contribution in [3.63, 3.8) is 0 Å². The van der Waals surface area contributed by atoms with Crippen LogP contribution in [0.2, 0.25) is 0 Å². The summed E-state index contributed by atoms with van der Waals surface area (Å²) in [5, 5.41) is 0. The molecule has 0 amide bonds. The zero-order chi connectivity index (χ0) is 11.4. The molecule has 3 heteroatoms. The van der Waals surface area contributed by atoms with Crippen molar-refractivity contribution in [2.75, 3.05) is 0 Å². The molecule has 1 aromatic carbocycles. The first-order valence-electron chi connectivity index (χ1n) is 5.46. The van der Waals surface area contributed by atoms with Gasteiger partial charge in [-0.15, -0.1) is 0 Å². The van der Waals surface area contributed by atoms with Crippen molar-refractivity contribution >= 4 is 0 Å². The first-order valence-corrected chi connectivity index (χ1v) is 5.46. The normalized spacial score (nSPS) is 10.7. The van der Waals surface area contributed by atoms with Gasteiger partial charge in [0.25, 0.3) is 0 Å². The zero-order valence-corrected chi connectivity index (χ0v) is 9.60. The molecule has 0 bridgehead atoms. The average molecular weight is 216 g/mol. The maximum Gasteiger partial charge on any atom is 0.132 e. The van der Waals surface area contributed by atoms with Gasteiger partial charge in [-0.05, 0) is 17.5 Å². The van der Waals surface area contributed by atoms with Crippen LogP contribution in [0.1, 0.15) is 31.0 Å². The van der Waals surface area contributed by atoms with Gasteiger partial charge in [-0.2, -0.15) is 0 Å². The fraction of sp³-hybridized carbons (Fsp3) is 0.308. The van der Waals surface area contributed by atoms with Gasteiger partial charge in [-0.3, -0.25) is 0 Å². The predicted octanol–water partition coefficient (Wildman–Crippen LogP) is 3.11. The summed E-state index contributed by atoms with van der Waals surface area (Å²) in [5.74, 6) is 1.41. The molecule has 84 valence electrons. The molecule has 2 aromatic rings. The lowest BCUT2D eigenvalue weighted by Crippen LogP contribution is -1.99. The molecule has 1 heterocycles. The molecule has 0 aliphatic rings. The van der Waals surface area contributed by atoms with Gasteiger partial charge < -0.3 is 9.72 Å². The summed E-state index contributed by atoms with van der Waals surface area (Å²) in [7, 11) is 0. The minimum atomic E-state index is 0.468. The molecule has 0 atom stereocenters. The Hall–Kier alpha value is -1.77. The third kappa shape index (κ3) is 2.42. The van der Waals surface area contributed by atoms with E-state index in [1.165, 1.54) is 5.56 Å². The van der Waals surface area contributed by atoms with E-state index < -0.39 is 0 Å². The van der Waals surface area contributed by atoms with E-state index in [4.69, 9.17) is 4.74 Å². The lowest BCUT2D eigenvalue weighted by Gasteiger charge is -2.12. The van der Waals surface area contributed by atoms with Gasteiger partial charge in [0.2, 0.25) is 0 Å². The smallest absolute Gasteiger partial charge is 0.132 e. The Morgan fingerprint density at radius 2 is 2.12 bits per heavy atom. The monoisotopic (exact) mass is 216 g/mol. The standard InChI is InChI=1S/C13H16N2O/c1-10(2)12-5-3-4-6-13(12)16-8-11-7-14-9-15-11/h3-7,9-10H,8H2,1-2H3,(H,14,15). The van der Waals surface area contributed by atoms with Crippen LogP contribution in [-0.2, 0) is 6.61 Å². The number of aromatic amines is 1. The van der Waals surface area contributed by atoms with E-state index in [1.54, 1.807) is 6.33 Å². The minimum absolute atomic E-state index is 0.468. The summed E-state index contributed by atoms with van der Waals surface area (Å²) in [4.78, 5) is 7.04. The molecule has 0 unspecified atom stereocenters. The van der Waals surface area contributed by atoms with Crippen molar-refractivity contribution in [3.8, 4) is 5.75 Å². The molecule has 0 aliphatic carbocycles. The summed E-state index contributed by atoms with van der Waals surface area (Å²) < 4.78 is 5.76. The largest absolute Gasteiger partial charge is 0.487 e. The van der Waals surface area contributed by atoms with Gasteiger partial charge in [0.1, 0.15) is 12.4 Å². The highest BCUT2D eigenvalue weighted by atomic mass is 16.5. The summed E-state index contributed by atoms with van der Waals surface area (Å²) >= 11 is 0. The van der Waals surface area contributed by atoms with E-state index in [0.29, 0.717) is 12.5 Å². The fourth-order valence-electron chi connectivity index (χ4n) is 1.61. The molecule has 0 saturated heterocycles. The van der Waals surface area contributed by atoms with Gasteiger partial charge in [0.05, 0.1) is 12.0 Å². The number of hydrogen-bond acceptors (Lipinski definition) is 2. The van der Waals surface area contributed by atoms with Crippen LogP contribution in [0.25, 0.3) is 0 Å². The van der Waals surface area contributed by atoms with Gasteiger partial charge in [-0.25, -0.2) is 4.98 Å². The van der Waals surface area contributed by atoms with Crippen molar-refractivity contribution in [1.82, 2.24) is 9.97 Å². The highest BCUT2D eigenvalue weighted by Gasteiger charge is 2.07. The van der Waals surface area contributed by atoms with Crippen molar-refractivity contribution in [2.45, 2.75) is 26.4 Å². The van der Waals surface area contributed by atoms with Crippen LogP contribution in [0.5, 0.6) is 5.75 Å². The maximum atomic E-state index is 5.76. The third-order valence-corrected chi connectivity index (χ3v) is 2.47. The highest BCUT2D eigenvalue weighted by Crippen LogP contribution is 2.26. The minimum Gasteiger partial charge on any atom is -0.487 e. The SMILES string of the molecule is CC(C)c1ccccc1OCc1c[nH]cn1. The second-order valence-corrected chi connectivity index (χ2v) is 4.04. The summed E-state index contributed by atoms with van der Waals surface area (Å²) in [6.07, 6.45) is 3.50. The van der Waals surface area contributed by atoms with E-state index in [9.17, 15) is 0 Å². The number of nitrogens with zero attached hydrogens (tertiary/aromatic N) is 1. The molecule has 16 heavy (non-hydrogen) atoms. The first-order chi connectivity index (χ1) is 7.77. The summed E-state index contributed by atoms with van der Waals surface area (Å²) in [6.45, 7) is 4.83. The van der Waals surface area contributed by atoms with E-state index >= 15 is 0 Å². The molecule has 0 saturated carbocycles. The molecule has 0 spiro atoms. The van der Waals surface area contributed by atoms with E-state index in [0.717, 1.165) is 11.4 Å². The zero-order valence-electron chi connectivity index (χ0n) is 9.60. The summed E-state index contributed by atoms with van der Waals surface area (Å²) in [6, 6.07) is 8.13. The maximum absolute atomic E-state index is 5.76. The molecule has 1 N–H and O–H groups in total. The Labute approximate surface area is 95.5 Å². The van der Waals surface area contributed by atoms with E-state index in [-0.39, 0.29) is 0 Å². The van der Waals surface area contributed by atoms with Crippen molar-refractivity contribution in [2.24, 2.45) is 0 Å². The molecule has 3 nitrogen and oxygen atoms in total. The lowest BCUT2D eigenvalue weighted by atomic mass is 10.0. The van der Waals surface area contributed by atoms with Gasteiger partial charge in [0, 0.05) is 6.20 Å². The van der Waals surface area contributed by atoms with E-state index in [2.05, 4.69) is 29.9 Å². The molecule has 0 aliphatic heterocycles. The number of para-hydroxylation sites is 1. The van der Waals surface area contributed by atoms with Crippen LogP contribution in [0.4, 0.5) is 0 Å². The molecule has 1 aromatic heterocycles. The molecular weight excluding hydrogens is 200 g/mol. The van der Waals surface area contributed by atoms with Crippen LogP contribution in [0.3, 0.4) is 0 Å². The van der Waals surface area contributed by atoms with Crippen LogP contribution < -0.4 is 4.74 Å². The Kier molecular flexibility index (Phi) is 3.25. The molecule has 0 fully saturated rings. The molecule has 2 rings (SSSR count). The first kappa shape index (κ1) is 10.7. The second kappa shape index (κ2) is 4.84. The van der Waals surface area contributed by atoms with Crippen LogP contribution in [0, 0.1) is 0 Å². The highest BCUT2D eigenvalue weighted by molar-refractivity contribution is 5.35.